The van der Waals surface area contributed by atoms with Gasteiger partial charge in [0.05, 0.1) is 51.6 Å². The lowest BCUT2D eigenvalue weighted by Crippen LogP contribution is -2.23. The molecule has 0 unspecified atom stereocenters. The van der Waals surface area contributed by atoms with E-state index >= 15 is 0 Å². The highest BCUT2D eigenvalue weighted by molar-refractivity contribution is 7.91. The second-order valence-electron chi connectivity index (χ2n) is 6.60. The maximum absolute atomic E-state index is 13.4. The van der Waals surface area contributed by atoms with Crippen LogP contribution in [0.2, 0.25) is 10.0 Å². The highest BCUT2D eigenvalue weighted by Crippen LogP contribution is 2.38. The maximum atomic E-state index is 13.4. The number of fused-ring (bicyclic) bond motifs is 1. The quantitative estimate of drug-likeness (QED) is 0.577. The van der Waals surface area contributed by atoms with E-state index in [1.54, 1.807) is 0 Å². The first-order chi connectivity index (χ1) is 14.4. The molecule has 3 aromatic rings. The van der Waals surface area contributed by atoms with E-state index in [4.69, 9.17) is 23.2 Å². The largest absolute Gasteiger partial charge is 0.416 e. The third kappa shape index (κ3) is 4.43. The molecule has 6 nitrogen and oxygen atoms in total. The van der Waals surface area contributed by atoms with E-state index in [2.05, 4.69) is 4.98 Å². The van der Waals surface area contributed by atoms with Gasteiger partial charge in [0.2, 0.25) is 0 Å². The average molecular weight is 495 g/mol. The Kier molecular flexibility index (Phi) is 6.39. The molecular weight excluding hydrogens is 480 g/mol. The van der Waals surface area contributed by atoms with E-state index in [9.17, 15) is 31.5 Å². The van der Waals surface area contributed by atoms with Crippen molar-refractivity contribution in [1.82, 2.24) is 9.55 Å². The Morgan fingerprint density at radius 3 is 2.45 bits per heavy atom. The van der Waals surface area contributed by atoms with E-state index in [0.717, 1.165) is 10.9 Å². The molecule has 0 spiro atoms. The minimum absolute atomic E-state index is 0.0453. The Labute approximate surface area is 184 Å². The number of aliphatic hydroxyl groups is 1. The summed E-state index contributed by atoms with van der Waals surface area (Å²) in [4.78, 5) is 16.9. The molecule has 0 bridgehead atoms. The van der Waals surface area contributed by atoms with Crippen LogP contribution in [-0.4, -0.2) is 28.8 Å². The Balaban J connectivity index is 2.24. The van der Waals surface area contributed by atoms with Crippen LogP contribution in [0.25, 0.3) is 10.9 Å². The van der Waals surface area contributed by atoms with Gasteiger partial charge in [-0.15, -0.1) is 0 Å². The Morgan fingerprint density at radius 2 is 1.87 bits per heavy atom. The number of halogens is 5. The molecule has 1 N–H and O–H groups in total. The number of rotatable bonds is 5. The van der Waals surface area contributed by atoms with Crippen molar-refractivity contribution >= 4 is 43.9 Å². The first-order valence-electron chi connectivity index (χ1n) is 8.80. The first-order valence-corrected chi connectivity index (χ1v) is 11.2. The third-order valence-electron chi connectivity index (χ3n) is 4.70. The van der Waals surface area contributed by atoms with Crippen LogP contribution >= 0.6 is 23.2 Å². The second kappa shape index (κ2) is 8.42. The fraction of sp³-hybridized carbons (Fsp3) is 0.263. The van der Waals surface area contributed by atoms with Crippen LogP contribution in [0.15, 0.2) is 40.3 Å². The molecule has 1 heterocycles. The van der Waals surface area contributed by atoms with Gasteiger partial charge in [-0.3, -0.25) is 9.36 Å². The molecule has 31 heavy (non-hydrogen) atoms. The lowest BCUT2D eigenvalue weighted by Gasteiger charge is -2.16. The minimum atomic E-state index is -4.86. The molecule has 0 radical (unpaired) electrons. The number of hydrogen-bond acceptors (Lipinski definition) is 5. The Bertz CT molecular complexity index is 1340. The Hall–Kier alpha value is -2.14. The fourth-order valence-corrected chi connectivity index (χ4v) is 4.75. The van der Waals surface area contributed by atoms with Crippen LogP contribution in [0.3, 0.4) is 0 Å². The minimum Gasteiger partial charge on any atom is -0.392 e. The van der Waals surface area contributed by atoms with Gasteiger partial charge in [0.15, 0.2) is 9.84 Å². The van der Waals surface area contributed by atoms with Crippen molar-refractivity contribution in [3.05, 3.63) is 67.7 Å². The molecule has 0 atom stereocenters. The Morgan fingerprint density at radius 1 is 1.19 bits per heavy atom. The van der Waals surface area contributed by atoms with Crippen molar-refractivity contribution in [3.63, 3.8) is 0 Å². The van der Waals surface area contributed by atoms with Gasteiger partial charge in [-0.2, -0.15) is 13.2 Å². The number of sulfone groups is 1. The summed E-state index contributed by atoms with van der Waals surface area (Å²) in [7, 11) is -3.65. The van der Waals surface area contributed by atoms with Crippen molar-refractivity contribution in [2.45, 2.75) is 31.1 Å². The van der Waals surface area contributed by atoms with Gasteiger partial charge in [-0.1, -0.05) is 30.1 Å². The molecular formula is C19H15Cl2F3N2O4S. The van der Waals surface area contributed by atoms with Crippen LogP contribution in [0.1, 0.15) is 23.6 Å². The summed E-state index contributed by atoms with van der Waals surface area (Å²) in [5.74, 6) is -0.193. The molecule has 0 aliphatic carbocycles. The zero-order valence-corrected chi connectivity index (χ0v) is 18.2. The summed E-state index contributed by atoms with van der Waals surface area (Å²) < 4.78 is 66.0. The molecule has 0 amide bonds. The van der Waals surface area contributed by atoms with Crippen molar-refractivity contribution in [2.75, 3.05) is 5.75 Å². The van der Waals surface area contributed by atoms with Gasteiger partial charge < -0.3 is 5.11 Å². The molecule has 12 heteroatoms. The summed E-state index contributed by atoms with van der Waals surface area (Å²) in [6, 6.07) is 4.65. The van der Waals surface area contributed by atoms with Gasteiger partial charge in [0.25, 0.3) is 5.56 Å². The molecule has 0 aliphatic rings. The number of nitrogens with zero attached hydrogens (tertiary/aromatic N) is 2. The average Bonchev–Trinajstić information content (AvgIpc) is 2.69. The molecule has 2 aromatic carbocycles. The molecule has 1 aromatic heterocycles. The van der Waals surface area contributed by atoms with Gasteiger partial charge in [0, 0.05) is 10.6 Å². The van der Waals surface area contributed by atoms with E-state index < -0.39 is 49.7 Å². The number of aliphatic hydroxyl groups excluding tert-OH is 1. The van der Waals surface area contributed by atoms with Crippen molar-refractivity contribution in [1.29, 1.82) is 0 Å². The van der Waals surface area contributed by atoms with E-state index in [-0.39, 0.29) is 33.3 Å². The first kappa shape index (κ1) is 23.5. The number of aromatic nitrogens is 2. The van der Waals surface area contributed by atoms with Crippen molar-refractivity contribution in [3.8, 4) is 0 Å². The predicted molar refractivity (Wildman–Crippen MR) is 110 cm³/mol. The van der Waals surface area contributed by atoms with Crippen LogP contribution in [0, 0.1) is 0 Å². The lowest BCUT2D eigenvalue weighted by atomic mass is 10.0. The van der Waals surface area contributed by atoms with Crippen LogP contribution in [0.4, 0.5) is 13.2 Å². The number of benzene rings is 2. The molecule has 0 fully saturated rings. The maximum Gasteiger partial charge on any atom is 0.416 e. The highest BCUT2D eigenvalue weighted by atomic mass is 35.5. The van der Waals surface area contributed by atoms with Crippen molar-refractivity contribution < 1.29 is 26.7 Å². The normalized spacial score (nSPS) is 12.5. The van der Waals surface area contributed by atoms with Gasteiger partial charge in [0.1, 0.15) is 0 Å². The summed E-state index contributed by atoms with van der Waals surface area (Å²) >= 11 is 12.0. The van der Waals surface area contributed by atoms with Gasteiger partial charge in [-0.25, -0.2) is 13.4 Å². The van der Waals surface area contributed by atoms with Gasteiger partial charge >= 0.3 is 6.18 Å². The summed E-state index contributed by atoms with van der Waals surface area (Å²) in [6.07, 6.45) is -3.81. The summed E-state index contributed by atoms with van der Waals surface area (Å²) in [5.41, 5.74) is -2.71. The highest BCUT2D eigenvalue weighted by Gasteiger charge is 2.35. The van der Waals surface area contributed by atoms with E-state index in [1.807, 2.05) is 0 Å². The lowest BCUT2D eigenvalue weighted by molar-refractivity contribution is -0.138. The number of hydrogen-bond donors (Lipinski definition) is 1. The third-order valence-corrected chi connectivity index (χ3v) is 7.17. The molecule has 0 saturated carbocycles. The van der Waals surface area contributed by atoms with Crippen molar-refractivity contribution in [2.24, 2.45) is 0 Å². The van der Waals surface area contributed by atoms with Crippen LogP contribution in [-0.2, 0) is 29.2 Å². The SMILES string of the molecule is CCS(=O)(=O)c1ccc(Cl)cc1Cn1cnc2c(Cl)c(CO)c(C(F)(F)F)cc2c1=O. The molecule has 166 valence electrons. The molecule has 0 aliphatic heterocycles. The second-order valence-corrected chi connectivity index (χ2v) is 9.66. The topological polar surface area (TPSA) is 89.3 Å². The van der Waals surface area contributed by atoms with Crippen LogP contribution in [0.5, 0.6) is 0 Å². The van der Waals surface area contributed by atoms with Gasteiger partial charge in [-0.05, 0) is 29.8 Å². The van der Waals surface area contributed by atoms with Crippen LogP contribution < -0.4 is 5.56 Å². The monoisotopic (exact) mass is 494 g/mol. The summed E-state index contributed by atoms with van der Waals surface area (Å²) in [5, 5.41) is 8.66. The molecule has 3 rings (SSSR count). The standard InChI is InChI=1S/C19H15Cl2F3N2O4S/c1-2-31(29,30)15-4-3-11(20)5-10(15)7-26-9-25-17-12(18(26)28)6-14(19(22,23)24)13(8-27)16(17)21/h3-6,9,27H,2,7-8H2,1H3. The predicted octanol–water partition coefficient (Wildman–Crippen LogP) is 4.06. The van der Waals surface area contributed by atoms with E-state index in [0.29, 0.717) is 6.07 Å². The zero-order chi connectivity index (χ0) is 23.1. The fourth-order valence-electron chi connectivity index (χ4n) is 3.14. The van der Waals surface area contributed by atoms with E-state index in [1.165, 1.54) is 25.1 Å². The smallest absolute Gasteiger partial charge is 0.392 e. The summed E-state index contributed by atoms with van der Waals surface area (Å²) in [6.45, 7) is 0.170. The molecule has 0 saturated heterocycles. The zero-order valence-electron chi connectivity index (χ0n) is 15.9. The number of alkyl halides is 3.